The number of furan rings is 1. The predicted molar refractivity (Wildman–Crippen MR) is 69.1 cm³/mol. The molecule has 1 unspecified atom stereocenters. The fourth-order valence-corrected chi connectivity index (χ4v) is 2.20. The molecule has 0 saturated carbocycles. The minimum atomic E-state index is -1.11. The first-order chi connectivity index (χ1) is 8.69. The topological polar surface area (TPSA) is 46.3 Å². The molecule has 1 aromatic carbocycles. The number of benzene rings is 1. The largest absolute Gasteiger partial charge is 0.472 e. The van der Waals surface area contributed by atoms with Gasteiger partial charge in [-0.2, -0.15) is 0 Å². The molecule has 0 fully saturated rings. The van der Waals surface area contributed by atoms with Crippen LogP contribution in [0.15, 0.2) is 59.7 Å². The Balaban J connectivity index is 2.26. The summed E-state index contributed by atoms with van der Waals surface area (Å²) in [5.74, 6) is 0. The maximum Gasteiger partial charge on any atom is 0.117 e. The quantitative estimate of drug-likeness (QED) is 0.747. The van der Waals surface area contributed by atoms with Gasteiger partial charge in [-0.05, 0) is 18.4 Å². The van der Waals surface area contributed by atoms with E-state index in [0.29, 0.717) is 0 Å². The Labute approximate surface area is 105 Å². The van der Waals surface area contributed by atoms with Gasteiger partial charge in [0.05, 0.1) is 12.5 Å². The van der Waals surface area contributed by atoms with E-state index in [2.05, 4.69) is 4.98 Å². The molecule has 0 aliphatic rings. The summed E-state index contributed by atoms with van der Waals surface area (Å²) in [6.07, 6.45) is 6.61. The van der Waals surface area contributed by atoms with E-state index in [-0.39, 0.29) is 0 Å². The molecule has 0 amide bonds. The van der Waals surface area contributed by atoms with Gasteiger partial charge in [-0.25, -0.2) is 0 Å². The normalized spacial score (nSPS) is 14.6. The third-order valence-electron chi connectivity index (χ3n) is 3.28. The van der Waals surface area contributed by atoms with Gasteiger partial charge in [0, 0.05) is 28.9 Å². The number of hydrogen-bond acceptors (Lipinski definition) is 3. The van der Waals surface area contributed by atoms with Crippen molar-refractivity contribution in [2.24, 2.45) is 0 Å². The number of fused-ring (bicyclic) bond motifs is 1. The number of aliphatic hydroxyl groups is 1. The lowest BCUT2D eigenvalue weighted by molar-refractivity contribution is 0.103. The van der Waals surface area contributed by atoms with Gasteiger partial charge >= 0.3 is 0 Å². The molecule has 0 aliphatic heterocycles. The van der Waals surface area contributed by atoms with Crippen molar-refractivity contribution in [1.29, 1.82) is 0 Å². The summed E-state index contributed by atoms with van der Waals surface area (Å²) in [7, 11) is 0. The average molecular weight is 239 g/mol. The monoisotopic (exact) mass is 239 g/mol. The smallest absolute Gasteiger partial charge is 0.117 e. The molecule has 0 bridgehead atoms. The minimum absolute atomic E-state index is 0.723. The SMILES string of the molecule is CC(O)(c1ccoc1)c1cncc2ccccc12. The lowest BCUT2D eigenvalue weighted by Crippen LogP contribution is -2.22. The Kier molecular flexibility index (Phi) is 2.42. The van der Waals surface area contributed by atoms with E-state index >= 15 is 0 Å². The second-order valence-corrected chi connectivity index (χ2v) is 4.49. The summed E-state index contributed by atoms with van der Waals surface area (Å²) in [6, 6.07) is 9.65. The third-order valence-corrected chi connectivity index (χ3v) is 3.28. The van der Waals surface area contributed by atoms with Crippen LogP contribution >= 0.6 is 0 Å². The van der Waals surface area contributed by atoms with Crippen molar-refractivity contribution in [2.75, 3.05) is 0 Å². The number of pyridine rings is 1. The van der Waals surface area contributed by atoms with E-state index in [0.717, 1.165) is 21.9 Å². The molecule has 2 heterocycles. The molecule has 0 aliphatic carbocycles. The van der Waals surface area contributed by atoms with Crippen molar-refractivity contribution in [1.82, 2.24) is 4.98 Å². The maximum absolute atomic E-state index is 10.7. The van der Waals surface area contributed by atoms with Crippen LogP contribution in [0.5, 0.6) is 0 Å². The van der Waals surface area contributed by atoms with Gasteiger partial charge in [-0.3, -0.25) is 4.98 Å². The summed E-state index contributed by atoms with van der Waals surface area (Å²) in [6.45, 7) is 1.75. The lowest BCUT2D eigenvalue weighted by Gasteiger charge is -2.23. The summed E-state index contributed by atoms with van der Waals surface area (Å²) < 4.78 is 5.05. The predicted octanol–water partition coefficient (Wildman–Crippen LogP) is 3.08. The van der Waals surface area contributed by atoms with Crippen LogP contribution < -0.4 is 0 Å². The molecular formula is C15H13NO2. The molecular weight excluding hydrogens is 226 g/mol. The molecule has 0 saturated heterocycles. The molecule has 90 valence electrons. The van der Waals surface area contributed by atoms with Gasteiger partial charge in [-0.1, -0.05) is 24.3 Å². The maximum atomic E-state index is 10.7. The van der Waals surface area contributed by atoms with E-state index in [9.17, 15) is 5.11 Å². The summed E-state index contributed by atoms with van der Waals surface area (Å²) >= 11 is 0. The molecule has 0 radical (unpaired) electrons. The van der Waals surface area contributed by atoms with Gasteiger partial charge in [0.1, 0.15) is 5.60 Å². The molecule has 0 spiro atoms. The second-order valence-electron chi connectivity index (χ2n) is 4.49. The van der Waals surface area contributed by atoms with Gasteiger partial charge < -0.3 is 9.52 Å². The molecule has 18 heavy (non-hydrogen) atoms. The Morgan fingerprint density at radius 1 is 1.17 bits per heavy atom. The molecule has 3 rings (SSSR count). The van der Waals surface area contributed by atoms with Crippen molar-refractivity contribution >= 4 is 10.8 Å². The van der Waals surface area contributed by atoms with Crippen molar-refractivity contribution in [3.05, 3.63) is 66.4 Å². The van der Waals surface area contributed by atoms with Crippen molar-refractivity contribution in [3.8, 4) is 0 Å². The van der Waals surface area contributed by atoms with Crippen LogP contribution in [0.25, 0.3) is 10.8 Å². The Morgan fingerprint density at radius 2 is 2.00 bits per heavy atom. The van der Waals surface area contributed by atoms with E-state index in [1.54, 1.807) is 37.9 Å². The van der Waals surface area contributed by atoms with Crippen LogP contribution in [0.4, 0.5) is 0 Å². The fraction of sp³-hybridized carbons (Fsp3) is 0.133. The third kappa shape index (κ3) is 1.60. The van der Waals surface area contributed by atoms with Gasteiger partial charge in [0.25, 0.3) is 0 Å². The first-order valence-electron chi connectivity index (χ1n) is 5.78. The first kappa shape index (κ1) is 11.0. The van der Waals surface area contributed by atoms with E-state index in [1.807, 2.05) is 24.3 Å². The van der Waals surface area contributed by atoms with E-state index in [1.165, 1.54) is 0 Å². The van der Waals surface area contributed by atoms with Crippen LogP contribution in [-0.2, 0) is 5.60 Å². The number of nitrogens with zero attached hydrogens (tertiary/aromatic N) is 1. The Hall–Kier alpha value is -2.13. The highest BCUT2D eigenvalue weighted by Gasteiger charge is 2.28. The van der Waals surface area contributed by atoms with Crippen molar-refractivity contribution in [2.45, 2.75) is 12.5 Å². The Morgan fingerprint density at radius 3 is 2.78 bits per heavy atom. The summed E-state index contributed by atoms with van der Waals surface area (Å²) in [4.78, 5) is 4.20. The van der Waals surface area contributed by atoms with E-state index < -0.39 is 5.60 Å². The molecule has 2 aromatic heterocycles. The van der Waals surface area contributed by atoms with Crippen molar-refractivity contribution in [3.63, 3.8) is 0 Å². The van der Waals surface area contributed by atoms with E-state index in [4.69, 9.17) is 4.42 Å². The van der Waals surface area contributed by atoms with Crippen molar-refractivity contribution < 1.29 is 9.52 Å². The zero-order valence-corrected chi connectivity index (χ0v) is 10.00. The Bertz CT molecular complexity index is 667. The van der Waals surface area contributed by atoms with Crippen LogP contribution in [0.2, 0.25) is 0 Å². The van der Waals surface area contributed by atoms with Crippen LogP contribution in [0, 0.1) is 0 Å². The molecule has 3 heteroatoms. The zero-order valence-electron chi connectivity index (χ0n) is 10.00. The molecule has 3 aromatic rings. The van der Waals surface area contributed by atoms with Crippen LogP contribution in [0.3, 0.4) is 0 Å². The number of hydrogen-bond donors (Lipinski definition) is 1. The fourth-order valence-electron chi connectivity index (χ4n) is 2.20. The summed E-state index contributed by atoms with van der Waals surface area (Å²) in [5.41, 5.74) is 0.392. The molecule has 3 nitrogen and oxygen atoms in total. The standard InChI is InChI=1S/C15H13NO2/c1-15(17,12-6-7-18-10-12)14-9-16-8-11-4-2-3-5-13(11)14/h2-10,17H,1H3. The number of rotatable bonds is 2. The highest BCUT2D eigenvalue weighted by molar-refractivity contribution is 5.85. The zero-order chi connectivity index (χ0) is 12.6. The van der Waals surface area contributed by atoms with Crippen LogP contribution in [0.1, 0.15) is 18.1 Å². The first-order valence-corrected chi connectivity index (χ1v) is 5.78. The van der Waals surface area contributed by atoms with Gasteiger partial charge in [-0.15, -0.1) is 0 Å². The second kappa shape index (κ2) is 3.96. The average Bonchev–Trinajstić information content (AvgIpc) is 2.92. The van der Waals surface area contributed by atoms with Crippen LogP contribution in [-0.4, -0.2) is 10.1 Å². The van der Waals surface area contributed by atoms with Gasteiger partial charge in [0.15, 0.2) is 0 Å². The number of aromatic nitrogens is 1. The molecule has 1 atom stereocenters. The highest BCUT2D eigenvalue weighted by Crippen LogP contribution is 2.33. The minimum Gasteiger partial charge on any atom is -0.472 e. The molecule has 1 N–H and O–H groups in total. The summed E-state index contributed by atoms with van der Waals surface area (Å²) in [5, 5.41) is 12.8. The van der Waals surface area contributed by atoms with Gasteiger partial charge in [0.2, 0.25) is 0 Å². The lowest BCUT2D eigenvalue weighted by atomic mass is 9.88. The highest BCUT2D eigenvalue weighted by atomic mass is 16.3.